The number of carbonyl (C=O) groups is 2. The molecule has 11 heteroatoms. The van der Waals surface area contributed by atoms with Gasteiger partial charge in [-0.2, -0.15) is 0 Å². The zero-order chi connectivity index (χ0) is 35.6. The number of phosphoric acid groups is 1. The summed E-state index contributed by atoms with van der Waals surface area (Å²) >= 11 is 1.58. The van der Waals surface area contributed by atoms with Gasteiger partial charge in [0, 0.05) is 11.4 Å². The lowest BCUT2D eigenvalue weighted by Gasteiger charge is -2.29. The summed E-state index contributed by atoms with van der Waals surface area (Å²) in [6.07, 6.45) is 8.38. The van der Waals surface area contributed by atoms with E-state index in [9.17, 15) is 19.0 Å². The molecular weight excluding hydrogens is 683 g/mol. The minimum atomic E-state index is -4.38. The molecule has 1 aliphatic heterocycles. The third-order valence-electron chi connectivity index (χ3n) is 9.47. The van der Waals surface area contributed by atoms with Crippen molar-refractivity contribution in [2.75, 3.05) is 18.6 Å². The van der Waals surface area contributed by atoms with Gasteiger partial charge >= 0.3 is 7.82 Å². The second-order valence-electron chi connectivity index (χ2n) is 13.1. The molecule has 3 atom stereocenters. The molecule has 1 fully saturated rings. The first-order chi connectivity index (χ1) is 24.8. The highest BCUT2D eigenvalue weighted by atomic mass is 32.2. The van der Waals surface area contributed by atoms with Gasteiger partial charge in [-0.1, -0.05) is 98.8 Å². The smallest absolute Gasteiger partial charge is 0.497 e. The van der Waals surface area contributed by atoms with Crippen LogP contribution in [-0.4, -0.2) is 36.4 Å². The molecule has 1 heterocycles. The van der Waals surface area contributed by atoms with Crippen molar-refractivity contribution in [1.82, 2.24) is 5.32 Å². The molecular formula is C40H45N2O7PS. The zero-order valence-corrected chi connectivity index (χ0v) is 30.5. The van der Waals surface area contributed by atoms with E-state index in [2.05, 4.69) is 5.32 Å². The van der Waals surface area contributed by atoms with Gasteiger partial charge in [0.1, 0.15) is 17.5 Å². The van der Waals surface area contributed by atoms with Crippen molar-refractivity contribution in [1.29, 1.82) is 0 Å². The van der Waals surface area contributed by atoms with E-state index in [1.807, 2.05) is 71.6 Å². The van der Waals surface area contributed by atoms with Gasteiger partial charge in [0.25, 0.3) is 5.91 Å². The summed E-state index contributed by atoms with van der Waals surface area (Å²) in [5.74, 6) is 1.10. The van der Waals surface area contributed by atoms with Crippen LogP contribution in [0.5, 0.6) is 11.5 Å². The number of nitrogens with zero attached hydrogens (tertiary/aromatic N) is 1. The van der Waals surface area contributed by atoms with Gasteiger partial charge in [0.15, 0.2) is 0 Å². The van der Waals surface area contributed by atoms with Gasteiger partial charge in [-0.05, 0) is 71.8 Å². The van der Waals surface area contributed by atoms with Crippen LogP contribution in [0.4, 0.5) is 5.69 Å². The maximum Gasteiger partial charge on any atom is 0.527 e. The normalized spacial score (nSPS) is 19.0. The van der Waals surface area contributed by atoms with Crippen LogP contribution in [-0.2, 0) is 31.7 Å². The number of amides is 2. The number of carbonyl (C=O) groups excluding carboxylic acids is 2. The van der Waals surface area contributed by atoms with E-state index in [1.54, 1.807) is 43.1 Å². The highest BCUT2D eigenvalue weighted by molar-refractivity contribution is 7.99. The van der Waals surface area contributed by atoms with Gasteiger partial charge in [-0.3, -0.25) is 19.0 Å². The van der Waals surface area contributed by atoms with Gasteiger partial charge in [-0.15, -0.1) is 11.8 Å². The Morgan fingerprint density at radius 2 is 1.57 bits per heavy atom. The van der Waals surface area contributed by atoms with Crippen LogP contribution < -0.4 is 19.5 Å². The number of hydrogen-bond donors (Lipinski definition) is 2. The molecule has 4 aromatic rings. The number of hydrogen-bond acceptors (Lipinski definition) is 7. The molecule has 1 aliphatic carbocycles. The van der Waals surface area contributed by atoms with Crippen LogP contribution in [0.1, 0.15) is 66.9 Å². The molecule has 9 nitrogen and oxygen atoms in total. The highest BCUT2D eigenvalue weighted by Gasteiger charge is 2.39. The number of methoxy groups -OCH3 is 1. The Labute approximate surface area is 304 Å². The van der Waals surface area contributed by atoms with E-state index in [1.165, 1.54) is 44.2 Å². The van der Waals surface area contributed by atoms with Gasteiger partial charge in [-0.25, -0.2) is 4.57 Å². The molecule has 2 aliphatic rings. The molecule has 2 N–H and O–H groups in total. The molecule has 0 bridgehead atoms. The molecule has 6 rings (SSSR count). The summed E-state index contributed by atoms with van der Waals surface area (Å²) < 4.78 is 28.3. The molecule has 268 valence electrons. The molecule has 0 radical (unpaired) electrons. The number of nitrogens with one attached hydrogen (secondary N) is 1. The van der Waals surface area contributed by atoms with E-state index in [0.717, 1.165) is 34.6 Å². The van der Waals surface area contributed by atoms with Crippen LogP contribution in [0, 0.1) is 5.92 Å². The molecule has 3 unspecified atom stereocenters. The topological polar surface area (TPSA) is 114 Å². The Balaban J connectivity index is 1.17. The minimum absolute atomic E-state index is 0.0000193. The van der Waals surface area contributed by atoms with Gasteiger partial charge < -0.3 is 19.5 Å². The third-order valence-corrected chi connectivity index (χ3v) is 11.8. The standard InChI is InChI=1S/C40H45N2O7PS/c1-47-33-24-20-32(21-25-33)39-38(40(44)42(35-16-8-9-17-36(35)51-39)26-10-15-29-11-4-2-5-12-29)41-37(43)27-30-18-22-34(23-19-30)49-50(45,46)48-28-31-13-6-3-7-14-31/h3,6-9,13-14,16-25,29,38-39H,2,4-5,10-12,15,26-28H2,1H3,(H,41,43)(H,45,46). The summed E-state index contributed by atoms with van der Waals surface area (Å²) in [5, 5.41) is 2.72. The molecule has 1 saturated carbocycles. The number of phosphoric ester groups is 1. The Morgan fingerprint density at radius 3 is 2.29 bits per heavy atom. The highest BCUT2D eigenvalue weighted by Crippen LogP contribution is 2.47. The van der Waals surface area contributed by atoms with Crippen molar-refractivity contribution in [3.8, 4) is 11.5 Å². The molecule has 51 heavy (non-hydrogen) atoms. The average molecular weight is 729 g/mol. The summed E-state index contributed by atoms with van der Waals surface area (Å²) in [5.41, 5.74) is 3.17. The fraction of sp³-hybridized carbons (Fsp3) is 0.350. The van der Waals surface area contributed by atoms with Crippen molar-refractivity contribution in [2.45, 2.75) is 74.2 Å². The first kappa shape index (κ1) is 36.7. The zero-order valence-electron chi connectivity index (χ0n) is 28.8. The van der Waals surface area contributed by atoms with E-state index in [4.69, 9.17) is 13.8 Å². The molecule has 0 spiro atoms. The number of fused-ring (bicyclic) bond motifs is 1. The number of ether oxygens (including phenoxy) is 1. The monoisotopic (exact) mass is 728 g/mol. The molecule has 0 aromatic heterocycles. The Kier molecular flexibility index (Phi) is 12.5. The van der Waals surface area contributed by atoms with Crippen LogP contribution in [0.3, 0.4) is 0 Å². The quantitative estimate of drug-likeness (QED) is 0.124. The minimum Gasteiger partial charge on any atom is -0.497 e. The maximum atomic E-state index is 14.6. The number of thioether (sulfide) groups is 1. The lowest BCUT2D eigenvalue weighted by Crippen LogP contribution is -2.51. The number of para-hydroxylation sites is 1. The van der Waals surface area contributed by atoms with Crippen molar-refractivity contribution in [3.63, 3.8) is 0 Å². The number of anilines is 1. The predicted molar refractivity (Wildman–Crippen MR) is 200 cm³/mol. The summed E-state index contributed by atoms with van der Waals surface area (Å²) in [6.45, 7) is 0.505. The fourth-order valence-corrected chi connectivity index (χ4v) is 8.90. The second-order valence-corrected chi connectivity index (χ2v) is 15.7. The van der Waals surface area contributed by atoms with E-state index in [0.29, 0.717) is 23.8 Å². The first-order valence-electron chi connectivity index (χ1n) is 17.6. The summed E-state index contributed by atoms with van der Waals surface area (Å²) in [7, 11) is -2.76. The number of benzene rings is 4. The van der Waals surface area contributed by atoms with Gasteiger partial charge in [0.2, 0.25) is 5.91 Å². The Hall–Kier alpha value is -4.08. The Bertz CT molecular complexity index is 1800. The molecule has 2 amide bonds. The van der Waals surface area contributed by atoms with Gasteiger partial charge in [0.05, 0.1) is 31.1 Å². The van der Waals surface area contributed by atoms with Crippen LogP contribution in [0.25, 0.3) is 0 Å². The predicted octanol–water partition coefficient (Wildman–Crippen LogP) is 8.66. The first-order valence-corrected chi connectivity index (χ1v) is 20.0. The lowest BCUT2D eigenvalue weighted by molar-refractivity contribution is -0.127. The van der Waals surface area contributed by atoms with E-state index >= 15 is 0 Å². The molecule has 0 saturated heterocycles. The van der Waals surface area contributed by atoms with Crippen molar-refractivity contribution >= 4 is 37.1 Å². The van der Waals surface area contributed by atoms with Crippen LogP contribution >= 0.6 is 19.6 Å². The van der Waals surface area contributed by atoms with Crippen molar-refractivity contribution < 1.29 is 32.8 Å². The van der Waals surface area contributed by atoms with Crippen LogP contribution in [0.15, 0.2) is 108 Å². The SMILES string of the molecule is COc1ccc(C2Sc3ccccc3N(CCCC3CCCCC3)C(=O)C2NC(=O)Cc2ccc(OP(=O)(O)OCc3ccccc3)cc2)cc1. The maximum absolute atomic E-state index is 14.6. The van der Waals surface area contributed by atoms with E-state index < -0.39 is 13.9 Å². The molecule has 4 aromatic carbocycles. The number of rotatable bonds is 14. The third kappa shape index (κ3) is 10.0. The van der Waals surface area contributed by atoms with Crippen LogP contribution in [0.2, 0.25) is 0 Å². The lowest BCUT2D eigenvalue weighted by atomic mass is 9.86. The summed E-state index contributed by atoms with van der Waals surface area (Å²) in [4.78, 5) is 41.4. The average Bonchev–Trinajstić information content (AvgIpc) is 3.26. The van der Waals surface area contributed by atoms with Crippen molar-refractivity contribution in [3.05, 3.63) is 120 Å². The Morgan fingerprint density at radius 1 is 0.882 bits per heavy atom. The van der Waals surface area contributed by atoms with E-state index in [-0.39, 0.29) is 35.8 Å². The largest absolute Gasteiger partial charge is 0.527 e. The second kappa shape index (κ2) is 17.4. The fourth-order valence-electron chi connectivity index (χ4n) is 6.80. The van der Waals surface area contributed by atoms with Crippen molar-refractivity contribution in [2.24, 2.45) is 5.92 Å². The summed E-state index contributed by atoms with van der Waals surface area (Å²) in [6, 6.07) is 30.2.